The van der Waals surface area contributed by atoms with Crippen molar-refractivity contribution in [3.63, 3.8) is 0 Å². The number of nitrogens with zero attached hydrogens (tertiary/aromatic N) is 2. The number of hydrogen-bond acceptors (Lipinski definition) is 4. The minimum absolute atomic E-state index is 0.0344. The van der Waals surface area contributed by atoms with Crippen molar-refractivity contribution in [2.75, 3.05) is 20.1 Å². The Hall–Kier alpha value is -2.11. The van der Waals surface area contributed by atoms with E-state index >= 15 is 0 Å². The lowest BCUT2D eigenvalue weighted by Gasteiger charge is -2.50. The quantitative estimate of drug-likeness (QED) is 0.526. The van der Waals surface area contributed by atoms with Gasteiger partial charge >= 0.3 is 0 Å². The van der Waals surface area contributed by atoms with Gasteiger partial charge < -0.3 is 15.1 Å². The van der Waals surface area contributed by atoms with Crippen LogP contribution in [0.25, 0.3) is 10.9 Å². The predicted molar refractivity (Wildman–Crippen MR) is 96.2 cm³/mol. The monoisotopic (exact) mass is 343 g/mol. The van der Waals surface area contributed by atoms with Crippen molar-refractivity contribution in [1.82, 2.24) is 4.90 Å². The van der Waals surface area contributed by atoms with E-state index in [1.165, 1.54) is 24.4 Å². The number of ether oxygens (including phenoxy) is 1. The number of methoxy groups -OCH3 is 1. The van der Waals surface area contributed by atoms with Gasteiger partial charge in [-0.2, -0.15) is 4.73 Å². The number of pyridine rings is 1. The van der Waals surface area contributed by atoms with Crippen LogP contribution in [0, 0.1) is 17.0 Å². The Morgan fingerprint density at radius 1 is 1.52 bits per heavy atom. The van der Waals surface area contributed by atoms with Crippen molar-refractivity contribution in [2.45, 2.75) is 25.0 Å². The van der Waals surface area contributed by atoms with Gasteiger partial charge in [-0.25, -0.2) is 0 Å². The molecule has 1 unspecified atom stereocenters. The maximum Gasteiger partial charge on any atom is 0.224 e. The van der Waals surface area contributed by atoms with Crippen LogP contribution >= 0.6 is 0 Å². The van der Waals surface area contributed by atoms with Crippen molar-refractivity contribution >= 4 is 10.9 Å². The van der Waals surface area contributed by atoms with Gasteiger partial charge in [0, 0.05) is 30.3 Å². The fourth-order valence-electron chi connectivity index (χ4n) is 4.49. The predicted octanol–water partition coefficient (Wildman–Crippen LogP) is 2.41. The smallest absolute Gasteiger partial charge is 0.224 e. The summed E-state index contributed by atoms with van der Waals surface area (Å²) in [6.07, 6.45) is 4.59. The maximum atomic E-state index is 12.2. The van der Waals surface area contributed by atoms with E-state index in [1.807, 2.05) is 6.08 Å². The van der Waals surface area contributed by atoms with E-state index in [2.05, 4.69) is 11.5 Å². The fraction of sp³-hybridized carbons (Fsp3) is 0.450. The second kappa shape index (κ2) is 6.32. The molecule has 3 aliphatic heterocycles. The molecule has 5 nitrogen and oxygen atoms in total. The van der Waals surface area contributed by atoms with E-state index < -0.39 is 13.1 Å². The second-order valence-corrected chi connectivity index (χ2v) is 7.07. The normalized spacial score (nSPS) is 31.8. The van der Waals surface area contributed by atoms with E-state index in [0.29, 0.717) is 33.0 Å². The summed E-state index contributed by atoms with van der Waals surface area (Å²) in [5.74, 6) is 1.10. The summed E-state index contributed by atoms with van der Waals surface area (Å²) < 4.78 is 27.6. The minimum atomic E-state index is -2.58. The number of aliphatic hydroxyl groups excluding tert-OH is 1. The number of benzene rings is 1. The molecule has 132 valence electrons. The molecule has 25 heavy (non-hydrogen) atoms. The zero-order chi connectivity index (χ0) is 20.1. The first-order valence-electron chi connectivity index (χ1n) is 10.2. The van der Waals surface area contributed by atoms with Crippen LogP contribution in [0.1, 0.15) is 28.6 Å². The molecular formula is C20H24N2O3. The Morgan fingerprint density at radius 3 is 3.12 bits per heavy atom. The Bertz CT molecular complexity index is 902. The first kappa shape index (κ1) is 13.1. The van der Waals surface area contributed by atoms with Crippen molar-refractivity contribution in [1.29, 1.82) is 0 Å². The molecule has 3 fully saturated rings. The minimum Gasteiger partial charge on any atom is -0.618 e. The van der Waals surface area contributed by atoms with Crippen molar-refractivity contribution < 1.29 is 18.7 Å². The molecule has 2 bridgehead atoms. The van der Waals surface area contributed by atoms with E-state index in [1.54, 1.807) is 6.07 Å². The third-order valence-corrected chi connectivity index (χ3v) is 5.86. The van der Waals surface area contributed by atoms with Crippen LogP contribution in [0.5, 0.6) is 5.75 Å². The van der Waals surface area contributed by atoms with Crippen LogP contribution in [0.4, 0.5) is 0 Å². The lowest BCUT2D eigenvalue weighted by Crippen LogP contribution is -2.54. The summed E-state index contributed by atoms with van der Waals surface area (Å²) in [6.45, 7) is 5.76. The summed E-state index contributed by atoms with van der Waals surface area (Å²) in [4.78, 5) is 2.30. The Kier molecular flexibility index (Phi) is 3.32. The molecule has 1 aromatic heterocycles. The summed E-state index contributed by atoms with van der Waals surface area (Å²) in [5.41, 5.74) is 0.986. The number of hydrogen-bond donors (Lipinski definition) is 1. The molecule has 0 radical (unpaired) electrons. The summed E-state index contributed by atoms with van der Waals surface area (Å²) >= 11 is 0. The van der Waals surface area contributed by atoms with Gasteiger partial charge in [-0.15, -0.1) is 6.58 Å². The lowest BCUT2D eigenvalue weighted by molar-refractivity contribution is -0.577. The van der Waals surface area contributed by atoms with E-state index in [4.69, 9.17) is 8.85 Å². The average molecular weight is 343 g/mol. The first-order valence-corrected chi connectivity index (χ1v) is 8.66. The highest BCUT2D eigenvalue weighted by Gasteiger charge is 2.42. The summed E-state index contributed by atoms with van der Waals surface area (Å²) in [7, 11) is -2.58. The molecule has 3 aliphatic rings. The highest BCUT2D eigenvalue weighted by Crippen LogP contribution is 2.42. The molecule has 1 aromatic carbocycles. The number of rotatable bonds is 4. The Morgan fingerprint density at radius 2 is 2.40 bits per heavy atom. The highest BCUT2D eigenvalue weighted by molar-refractivity contribution is 5.81. The number of aliphatic hydroxyl groups is 1. The fourth-order valence-corrected chi connectivity index (χ4v) is 4.49. The molecule has 4 heterocycles. The molecular weight excluding hydrogens is 316 g/mol. The lowest BCUT2D eigenvalue weighted by atomic mass is 9.73. The van der Waals surface area contributed by atoms with Gasteiger partial charge in [0.25, 0.3) is 0 Å². The van der Waals surface area contributed by atoms with Gasteiger partial charge in [0.1, 0.15) is 5.75 Å². The van der Waals surface area contributed by atoms with E-state index in [0.717, 1.165) is 25.9 Å². The molecule has 0 amide bonds. The van der Waals surface area contributed by atoms with Crippen LogP contribution in [-0.2, 0) is 0 Å². The standard InChI is InChI=1S/C20H24N2O3/c1-3-13-12-21-8-6-14(13)10-19(21)20(23)16-7-9-22(24)18-5-4-15(25-2)11-17(16)18/h3-5,7,9,11,13-14,19-20,23H,1,6,8,10,12H2,2H3/t13-,14-,19-,20+/m0/s1/i2D3. The highest BCUT2D eigenvalue weighted by atomic mass is 16.5. The molecule has 3 saturated heterocycles. The number of piperidine rings is 3. The molecule has 1 N–H and O–H groups in total. The van der Waals surface area contributed by atoms with Gasteiger partial charge in [-0.1, -0.05) is 6.08 Å². The zero-order valence-corrected chi connectivity index (χ0v) is 14.0. The Balaban J connectivity index is 1.70. The largest absolute Gasteiger partial charge is 0.618 e. The van der Waals surface area contributed by atoms with Gasteiger partial charge in [0.2, 0.25) is 5.52 Å². The van der Waals surface area contributed by atoms with E-state index in [-0.39, 0.29) is 11.8 Å². The van der Waals surface area contributed by atoms with Crippen LogP contribution in [0.2, 0.25) is 0 Å². The maximum absolute atomic E-state index is 12.2. The molecule has 5 rings (SSSR count). The summed E-state index contributed by atoms with van der Waals surface area (Å²) in [6, 6.07) is 6.10. The van der Waals surface area contributed by atoms with Gasteiger partial charge in [-0.05, 0) is 43.4 Å². The SMILES string of the molecule is [2H]C([2H])([2H])Oc1ccc2c(c1)c([C@@H](O)[C@@H]1C[C@@H]3CCN1C[C@@H]3C=C)cc[n+]2[O-]. The molecule has 0 spiro atoms. The molecule has 0 saturated carbocycles. The van der Waals surface area contributed by atoms with Crippen molar-refractivity contribution in [2.24, 2.45) is 11.8 Å². The third kappa shape index (κ3) is 2.68. The first-order chi connectivity index (χ1) is 13.3. The topological polar surface area (TPSA) is 59.6 Å². The van der Waals surface area contributed by atoms with Crippen LogP contribution in [-0.4, -0.2) is 36.2 Å². The number of fused-ring (bicyclic) bond motifs is 4. The summed E-state index contributed by atoms with van der Waals surface area (Å²) in [5, 5.41) is 23.9. The average Bonchev–Trinajstić information content (AvgIpc) is 2.66. The van der Waals surface area contributed by atoms with Crippen LogP contribution < -0.4 is 9.47 Å². The number of aromatic nitrogens is 1. The van der Waals surface area contributed by atoms with Crippen LogP contribution in [0.3, 0.4) is 0 Å². The van der Waals surface area contributed by atoms with E-state index in [9.17, 15) is 10.3 Å². The van der Waals surface area contributed by atoms with Crippen LogP contribution in [0.15, 0.2) is 43.1 Å². The molecule has 5 heteroatoms. The Labute approximate surface area is 151 Å². The molecule has 0 aliphatic carbocycles. The van der Waals surface area contributed by atoms with Gasteiger partial charge in [0.05, 0.1) is 22.6 Å². The second-order valence-electron chi connectivity index (χ2n) is 7.07. The zero-order valence-electron chi connectivity index (χ0n) is 17.0. The third-order valence-electron chi connectivity index (χ3n) is 5.86. The molecule has 2 aromatic rings. The van der Waals surface area contributed by atoms with Crippen molar-refractivity contribution in [3.8, 4) is 5.75 Å². The van der Waals surface area contributed by atoms with Crippen molar-refractivity contribution in [3.05, 3.63) is 53.9 Å². The molecule has 5 atom stereocenters. The van der Waals surface area contributed by atoms with Gasteiger partial charge in [-0.3, -0.25) is 4.90 Å². The van der Waals surface area contributed by atoms with Gasteiger partial charge in [0.15, 0.2) is 6.20 Å².